The van der Waals surface area contributed by atoms with Gasteiger partial charge in [-0.15, -0.1) is 10.2 Å². The number of anilines is 1. The van der Waals surface area contributed by atoms with Gasteiger partial charge in [-0.05, 0) is 62.6 Å². The Morgan fingerprint density at radius 3 is 2.22 bits per heavy atom. The van der Waals surface area contributed by atoms with Crippen molar-refractivity contribution in [2.24, 2.45) is 11.7 Å². The summed E-state index contributed by atoms with van der Waals surface area (Å²) in [5, 5.41) is 14.8. The maximum Gasteiger partial charge on any atom is 0.225 e. The second kappa shape index (κ2) is 11.0. The maximum atomic E-state index is 12.8. The molecule has 3 aromatic rings. The van der Waals surface area contributed by atoms with E-state index in [-0.39, 0.29) is 17.9 Å². The Kier molecular flexibility index (Phi) is 7.79. The fourth-order valence-corrected chi connectivity index (χ4v) is 4.82. The standard InChI is InChI=1S/C29H35N5O2/c1-19(35)31-24-15-9-20(10-16-24)17-27(36)32-26-18-25(21-7-5-4-6-8-21)28(34-33-26)22-11-13-23(14-12-22)29(2,3)30/h4-8,11-14,18,20,24H,9-10,15-17,30H2,1-3H3,(H,31,35)(H,32,33,36)/t20-,24-. The van der Waals surface area contributed by atoms with Crippen LogP contribution in [0.4, 0.5) is 5.82 Å². The van der Waals surface area contributed by atoms with Crippen molar-refractivity contribution in [2.75, 3.05) is 5.32 Å². The van der Waals surface area contributed by atoms with Crippen LogP contribution in [0, 0.1) is 5.92 Å². The van der Waals surface area contributed by atoms with Gasteiger partial charge in [0, 0.05) is 36.1 Å². The molecule has 4 N–H and O–H groups in total. The summed E-state index contributed by atoms with van der Waals surface area (Å²) in [6, 6.07) is 20.1. The molecule has 1 fully saturated rings. The summed E-state index contributed by atoms with van der Waals surface area (Å²) < 4.78 is 0. The van der Waals surface area contributed by atoms with E-state index in [1.807, 2.05) is 74.5 Å². The zero-order valence-electron chi connectivity index (χ0n) is 21.3. The molecule has 0 bridgehead atoms. The molecule has 188 valence electrons. The smallest absolute Gasteiger partial charge is 0.225 e. The van der Waals surface area contributed by atoms with E-state index < -0.39 is 5.54 Å². The average Bonchev–Trinajstić information content (AvgIpc) is 2.85. The lowest BCUT2D eigenvalue weighted by molar-refractivity contribution is -0.120. The largest absolute Gasteiger partial charge is 0.354 e. The third-order valence-electron chi connectivity index (χ3n) is 6.78. The first-order valence-electron chi connectivity index (χ1n) is 12.6. The van der Waals surface area contributed by atoms with Gasteiger partial charge in [-0.1, -0.05) is 54.6 Å². The summed E-state index contributed by atoms with van der Waals surface area (Å²) in [5.41, 5.74) is 10.4. The third kappa shape index (κ3) is 6.55. The third-order valence-corrected chi connectivity index (χ3v) is 6.78. The minimum atomic E-state index is -0.427. The highest BCUT2D eigenvalue weighted by atomic mass is 16.2. The van der Waals surface area contributed by atoms with Crippen LogP contribution < -0.4 is 16.4 Å². The van der Waals surface area contributed by atoms with Crippen molar-refractivity contribution < 1.29 is 9.59 Å². The van der Waals surface area contributed by atoms with Crippen LogP contribution >= 0.6 is 0 Å². The number of amides is 2. The lowest BCUT2D eigenvalue weighted by Gasteiger charge is -2.28. The molecule has 7 nitrogen and oxygen atoms in total. The molecule has 1 aliphatic rings. The molecular weight excluding hydrogens is 450 g/mol. The Hall–Kier alpha value is -3.58. The highest BCUT2D eigenvalue weighted by Crippen LogP contribution is 2.33. The number of nitrogens with one attached hydrogen (secondary N) is 2. The molecule has 0 radical (unpaired) electrons. The van der Waals surface area contributed by atoms with Crippen LogP contribution in [0.25, 0.3) is 22.4 Å². The fourth-order valence-electron chi connectivity index (χ4n) is 4.82. The van der Waals surface area contributed by atoms with E-state index in [1.54, 1.807) is 6.92 Å². The van der Waals surface area contributed by atoms with Crippen LogP contribution in [0.1, 0.15) is 58.4 Å². The molecule has 1 aromatic heterocycles. The van der Waals surface area contributed by atoms with Gasteiger partial charge in [-0.25, -0.2) is 0 Å². The SMILES string of the molecule is CC(=O)N[C@H]1CC[C@H](CC(=O)Nc2cc(-c3ccccc3)c(-c3ccc(C(C)(C)N)cc3)nn2)CC1. The zero-order chi connectivity index (χ0) is 25.7. The fraction of sp³-hybridized carbons (Fsp3) is 0.379. The predicted octanol–water partition coefficient (Wildman–Crippen LogP) is 5.03. The Balaban J connectivity index is 1.50. The lowest BCUT2D eigenvalue weighted by Crippen LogP contribution is -2.36. The Bertz CT molecular complexity index is 1190. The highest BCUT2D eigenvalue weighted by molar-refractivity contribution is 5.91. The van der Waals surface area contributed by atoms with Crippen molar-refractivity contribution >= 4 is 17.6 Å². The van der Waals surface area contributed by atoms with Gasteiger partial charge in [0.05, 0.1) is 0 Å². The van der Waals surface area contributed by atoms with Crippen LogP contribution in [0.15, 0.2) is 60.7 Å². The Morgan fingerprint density at radius 2 is 1.61 bits per heavy atom. The highest BCUT2D eigenvalue weighted by Gasteiger charge is 2.24. The molecule has 0 saturated heterocycles. The van der Waals surface area contributed by atoms with Crippen molar-refractivity contribution in [3.63, 3.8) is 0 Å². The molecule has 1 heterocycles. The van der Waals surface area contributed by atoms with Crippen LogP contribution in [-0.2, 0) is 15.1 Å². The van der Waals surface area contributed by atoms with E-state index in [9.17, 15) is 9.59 Å². The summed E-state index contributed by atoms with van der Waals surface area (Å²) in [6.07, 6.45) is 4.10. The van der Waals surface area contributed by atoms with Gasteiger partial charge in [0.2, 0.25) is 11.8 Å². The van der Waals surface area contributed by atoms with Gasteiger partial charge < -0.3 is 16.4 Å². The molecule has 7 heteroatoms. The Morgan fingerprint density at radius 1 is 0.944 bits per heavy atom. The maximum absolute atomic E-state index is 12.8. The first-order chi connectivity index (χ1) is 17.2. The number of hydrogen-bond acceptors (Lipinski definition) is 5. The number of aromatic nitrogens is 2. The van der Waals surface area contributed by atoms with Crippen LogP contribution in [0.5, 0.6) is 0 Å². The summed E-state index contributed by atoms with van der Waals surface area (Å²) in [5.74, 6) is 0.690. The van der Waals surface area contributed by atoms with Crippen molar-refractivity contribution in [2.45, 2.75) is 64.5 Å². The summed E-state index contributed by atoms with van der Waals surface area (Å²) in [6.45, 7) is 5.50. The molecule has 4 rings (SSSR count). The first-order valence-corrected chi connectivity index (χ1v) is 12.6. The van der Waals surface area contributed by atoms with Crippen molar-refractivity contribution in [3.05, 3.63) is 66.2 Å². The van der Waals surface area contributed by atoms with Crippen molar-refractivity contribution in [1.29, 1.82) is 0 Å². The summed E-state index contributed by atoms with van der Waals surface area (Å²) >= 11 is 0. The average molecular weight is 486 g/mol. The van der Waals surface area contributed by atoms with E-state index in [1.165, 1.54) is 0 Å². The van der Waals surface area contributed by atoms with Gasteiger partial charge in [0.25, 0.3) is 0 Å². The normalized spacial score (nSPS) is 17.9. The van der Waals surface area contributed by atoms with E-state index in [2.05, 4.69) is 20.8 Å². The van der Waals surface area contributed by atoms with Crippen LogP contribution in [-0.4, -0.2) is 28.1 Å². The van der Waals surface area contributed by atoms with Gasteiger partial charge in [-0.2, -0.15) is 0 Å². The molecule has 0 atom stereocenters. The minimum Gasteiger partial charge on any atom is -0.354 e. The monoisotopic (exact) mass is 485 g/mol. The van der Waals surface area contributed by atoms with Gasteiger partial charge in [-0.3, -0.25) is 9.59 Å². The molecule has 0 spiro atoms. The Labute approximate surface area is 212 Å². The van der Waals surface area contributed by atoms with Gasteiger partial charge in [0.1, 0.15) is 5.69 Å². The van der Waals surface area contributed by atoms with Crippen molar-refractivity contribution in [3.8, 4) is 22.4 Å². The topological polar surface area (TPSA) is 110 Å². The molecule has 36 heavy (non-hydrogen) atoms. The molecule has 0 aliphatic heterocycles. The lowest BCUT2D eigenvalue weighted by atomic mass is 9.84. The second-order valence-electron chi connectivity index (χ2n) is 10.3. The molecule has 2 aromatic carbocycles. The van der Waals surface area contributed by atoms with Crippen LogP contribution in [0.3, 0.4) is 0 Å². The molecular formula is C29H35N5O2. The van der Waals surface area contributed by atoms with E-state index in [0.29, 0.717) is 18.2 Å². The summed E-state index contributed by atoms with van der Waals surface area (Å²) in [7, 11) is 0. The number of nitrogens with two attached hydrogens (primary N) is 1. The molecule has 1 saturated carbocycles. The van der Waals surface area contributed by atoms with Gasteiger partial charge in [0.15, 0.2) is 5.82 Å². The number of nitrogens with zero attached hydrogens (tertiary/aromatic N) is 2. The van der Waals surface area contributed by atoms with E-state index in [0.717, 1.165) is 53.6 Å². The zero-order valence-corrected chi connectivity index (χ0v) is 21.3. The number of benzene rings is 2. The number of hydrogen-bond donors (Lipinski definition) is 3. The predicted molar refractivity (Wildman–Crippen MR) is 143 cm³/mol. The molecule has 2 amide bonds. The quantitative estimate of drug-likeness (QED) is 0.435. The van der Waals surface area contributed by atoms with Crippen LogP contribution in [0.2, 0.25) is 0 Å². The minimum absolute atomic E-state index is 0.00611. The molecule has 0 unspecified atom stereocenters. The van der Waals surface area contributed by atoms with Gasteiger partial charge >= 0.3 is 0 Å². The number of carbonyl (C=O) groups excluding carboxylic acids is 2. The van der Waals surface area contributed by atoms with E-state index in [4.69, 9.17) is 5.73 Å². The molecule has 1 aliphatic carbocycles. The summed E-state index contributed by atoms with van der Waals surface area (Å²) in [4.78, 5) is 24.1. The van der Waals surface area contributed by atoms with Crippen molar-refractivity contribution in [1.82, 2.24) is 15.5 Å². The number of rotatable bonds is 7. The van der Waals surface area contributed by atoms with E-state index >= 15 is 0 Å². The second-order valence-corrected chi connectivity index (χ2v) is 10.3. The first kappa shape index (κ1) is 25.5. The number of carbonyl (C=O) groups is 2.